The fraction of sp³-hybridized carbons (Fsp3) is 0.450. The van der Waals surface area contributed by atoms with Crippen LogP contribution in [0.2, 0.25) is 0 Å². The number of nitrogens with zero attached hydrogens (tertiary/aromatic N) is 3. The number of fused-ring (bicyclic) bond motifs is 1. The summed E-state index contributed by atoms with van der Waals surface area (Å²) in [5, 5.41) is 16.8. The van der Waals surface area contributed by atoms with Gasteiger partial charge in [-0.3, -0.25) is 4.79 Å². The van der Waals surface area contributed by atoms with Crippen molar-refractivity contribution in [3.05, 3.63) is 44.3 Å². The van der Waals surface area contributed by atoms with E-state index in [1.54, 1.807) is 22.7 Å². The SMILES string of the molecule is O=C(CSc1nnc(NCC2CCCO2)s1)N1CCc2sccc2C1c1cccs1. The molecule has 30 heavy (non-hydrogen) atoms. The van der Waals surface area contributed by atoms with E-state index in [9.17, 15) is 4.79 Å². The Bertz CT molecular complexity index is 981. The Hall–Kier alpha value is -1.46. The van der Waals surface area contributed by atoms with Gasteiger partial charge in [-0.15, -0.1) is 32.9 Å². The van der Waals surface area contributed by atoms with Crippen molar-refractivity contribution in [1.82, 2.24) is 15.1 Å². The van der Waals surface area contributed by atoms with E-state index in [0.717, 1.165) is 48.4 Å². The molecule has 0 bridgehead atoms. The van der Waals surface area contributed by atoms with Crippen LogP contribution in [0.3, 0.4) is 0 Å². The highest BCUT2D eigenvalue weighted by Crippen LogP contribution is 2.40. The number of carbonyl (C=O) groups excluding carboxylic acids is 1. The monoisotopic (exact) mass is 478 g/mol. The lowest BCUT2D eigenvalue weighted by Crippen LogP contribution is -2.40. The minimum absolute atomic E-state index is 0.0335. The van der Waals surface area contributed by atoms with Crippen molar-refractivity contribution in [2.75, 3.05) is 30.8 Å². The second kappa shape index (κ2) is 9.35. The molecule has 2 atom stereocenters. The molecule has 0 aromatic carbocycles. The molecule has 2 aliphatic rings. The maximum atomic E-state index is 13.2. The molecule has 2 unspecified atom stereocenters. The molecule has 0 spiro atoms. The molecule has 158 valence electrons. The molecular weight excluding hydrogens is 457 g/mol. The Morgan fingerprint density at radius 3 is 3.10 bits per heavy atom. The third kappa shape index (κ3) is 4.43. The third-order valence-electron chi connectivity index (χ3n) is 5.33. The predicted octanol–water partition coefficient (Wildman–Crippen LogP) is 4.52. The summed E-state index contributed by atoms with van der Waals surface area (Å²) >= 11 is 6.48. The third-order valence-corrected chi connectivity index (χ3v) is 9.25. The summed E-state index contributed by atoms with van der Waals surface area (Å²) in [6.07, 6.45) is 3.42. The molecule has 10 heteroatoms. The molecule has 1 N–H and O–H groups in total. The van der Waals surface area contributed by atoms with Crippen molar-refractivity contribution in [1.29, 1.82) is 0 Å². The summed E-state index contributed by atoms with van der Waals surface area (Å²) in [6.45, 7) is 2.37. The number of thioether (sulfide) groups is 1. The molecule has 2 aliphatic heterocycles. The molecule has 5 heterocycles. The Balaban J connectivity index is 1.21. The van der Waals surface area contributed by atoms with Crippen LogP contribution in [0.15, 0.2) is 33.3 Å². The van der Waals surface area contributed by atoms with Crippen molar-refractivity contribution in [3.63, 3.8) is 0 Å². The molecule has 3 aromatic rings. The van der Waals surface area contributed by atoms with Crippen LogP contribution in [0.25, 0.3) is 0 Å². The average molecular weight is 479 g/mol. The lowest BCUT2D eigenvalue weighted by atomic mass is 9.98. The van der Waals surface area contributed by atoms with Gasteiger partial charge in [0.1, 0.15) is 0 Å². The van der Waals surface area contributed by atoms with Crippen LogP contribution in [0, 0.1) is 0 Å². The topological polar surface area (TPSA) is 67.3 Å². The number of hydrogen-bond donors (Lipinski definition) is 1. The van der Waals surface area contributed by atoms with Crippen molar-refractivity contribution < 1.29 is 9.53 Å². The normalized spacial score (nSPS) is 21.0. The van der Waals surface area contributed by atoms with Gasteiger partial charge in [-0.1, -0.05) is 29.2 Å². The van der Waals surface area contributed by atoms with Crippen LogP contribution in [0.5, 0.6) is 0 Å². The number of aromatic nitrogens is 2. The van der Waals surface area contributed by atoms with Crippen LogP contribution in [0.1, 0.15) is 34.2 Å². The highest BCUT2D eigenvalue weighted by atomic mass is 32.2. The fourth-order valence-electron chi connectivity index (χ4n) is 3.89. The highest BCUT2D eigenvalue weighted by molar-refractivity contribution is 8.01. The first-order valence-corrected chi connectivity index (χ1v) is 13.5. The van der Waals surface area contributed by atoms with Crippen molar-refractivity contribution in [2.45, 2.75) is 35.7 Å². The molecule has 0 radical (unpaired) electrons. The zero-order valence-electron chi connectivity index (χ0n) is 16.3. The molecule has 1 amide bonds. The molecule has 6 nitrogen and oxygen atoms in total. The highest BCUT2D eigenvalue weighted by Gasteiger charge is 2.33. The maximum absolute atomic E-state index is 13.2. The van der Waals surface area contributed by atoms with E-state index in [2.05, 4.69) is 44.5 Å². The summed E-state index contributed by atoms with van der Waals surface area (Å²) in [6, 6.07) is 6.40. The van der Waals surface area contributed by atoms with Gasteiger partial charge in [-0.05, 0) is 47.7 Å². The Labute approximate surface area is 191 Å². The Morgan fingerprint density at radius 1 is 1.30 bits per heavy atom. The summed E-state index contributed by atoms with van der Waals surface area (Å²) in [5.74, 6) is 0.529. The number of thiophene rings is 2. The van der Waals surface area contributed by atoms with Gasteiger partial charge in [-0.25, -0.2) is 0 Å². The standard InChI is InChI=1S/C20H22N4O2S4/c25-17(12-29-20-23-22-19(30-20)21-11-13-3-1-8-26-13)24-7-5-15-14(6-10-28-15)18(24)16-4-2-9-27-16/h2,4,6,9-10,13,18H,1,3,5,7-8,11-12H2,(H,21,22). The van der Waals surface area contributed by atoms with E-state index in [-0.39, 0.29) is 18.1 Å². The zero-order valence-corrected chi connectivity index (χ0v) is 19.5. The van der Waals surface area contributed by atoms with Gasteiger partial charge in [-0.2, -0.15) is 0 Å². The average Bonchev–Trinajstić information content (AvgIpc) is 3.56. The van der Waals surface area contributed by atoms with Crippen LogP contribution in [-0.2, 0) is 16.0 Å². The first kappa shape index (κ1) is 20.4. The van der Waals surface area contributed by atoms with E-state index in [1.807, 2.05) is 4.90 Å². The zero-order chi connectivity index (χ0) is 20.3. The van der Waals surface area contributed by atoms with Crippen molar-refractivity contribution in [2.24, 2.45) is 0 Å². The number of carbonyl (C=O) groups is 1. The number of anilines is 1. The minimum Gasteiger partial charge on any atom is -0.376 e. The number of nitrogens with one attached hydrogen (secondary N) is 1. The van der Waals surface area contributed by atoms with Gasteiger partial charge in [0.15, 0.2) is 4.34 Å². The molecular formula is C20H22N4O2S4. The number of amides is 1. The van der Waals surface area contributed by atoms with Crippen LogP contribution >= 0.6 is 45.8 Å². The summed E-state index contributed by atoms with van der Waals surface area (Å²) < 4.78 is 6.45. The van der Waals surface area contributed by atoms with Gasteiger partial charge in [0.2, 0.25) is 11.0 Å². The fourth-order valence-corrected chi connectivity index (χ4v) is 7.29. The second-order valence-electron chi connectivity index (χ2n) is 7.23. The molecule has 3 aromatic heterocycles. The number of rotatable bonds is 7. The quantitative estimate of drug-likeness (QED) is 0.504. The second-order valence-corrected chi connectivity index (χ2v) is 11.4. The lowest BCUT2D eigenvalue weighted by molar-refractivity contribution is -0.130. The first-order valence-electron chi connectivity index (χ1n) is 9.99. The molecule has 0 aliphatic carbocycles. The van der Waals surface area contributed by atoms with Crippen LogP contribution < -0.4 is 5.32 Å². The van der Waals surface area contributed by atoms with Gasteiger partial charge in [0.25, 0.3) is 0 Å². The number of ether oxygens (including phenoxy) is 1. The smallest absolute Gasteiger partial charge is 0.233 e. The van der Waals surface area contributed by atoms with Crippen LogP contribution in [-0.4, -0.2) is 52.6 Å². The molecule has 0 saturated carbocycles. The summed E-state index contributed by atoms with van der Waals surface area (Å²) in [5.41, 5.74) is 1.28. The minimum atomic E-state index is 0.0335. The van der Waals surface area contributed by atoms with Crippen molar-refractivity contribution >= 4 is 56.8 Å². The van der Waals surface area contributed by atoms with Crippen LogP contribution in [0.4, 0.5) is 5.13 Å². The molecule has 1 fully saturated rings. The van der Waals surface area contributed by atoms with E-state index in [4.69, 9.17) is 4.74 Å². The van der Waals surface area contributed by atoms with Gasteiger partial charge >= 0.3 is 0 Å². The Morgan fingerprint density at radius 2 is 2.27 bits per heavy atom. The Kier molecular flexibility index (Phi) is 6.37. The first-order chi connectivity index (χ1) is 14.8. The van der Waals surface area contributed by atoms with E-state index >= 15 is 0 Å². The van der Waals surface area contributed by atoms with Crippen molar-refractivity contribution in [3.8, 4) is 0 Å². The van der Waals surface area contributed by atoms with E-state index < -0.39 is 0 Å². The molecule has 1 saturated heterocycles. The number of hydrogen-bond acceptors (Lipinski definition) is 9. The van der Waals surface area contributed by atoms with Gasteiger partial charge in [0.05, 0.1) is 17.9 Å². The summed E-state index contributed by atoms with van der Waals surface area (Å²) in [4.78, 5) is 17.8. The summed E-state index contributed by atoms with van der Waals surface area (Å²) in [7, 11) is 0. The van der Waals surface area contributed by atoms with E-state index in [0.29, 0.717) is 5.75 Å². The van der Waals surface area contributed by atoms with Gasteiger partial charge in [0, 0.05) is 29.5 Å². The van der Waals surface area contributed by atoms with E-state index in [1.165, 1.54) is 38.4 Å². The van der Waals surface area contributed by atoms with Gasteiger partial charge < -0.3 is 15.0 Å². The lowest BCUT2D eigenvalue weighted by Gasteiger charge is -2.35. The largest absolute Gasteiger partial charge is 0.376 e. The molecule has 5 rings (SSSR count). The predicted molar refractivity (Wildman–Crippen MR) is 124 cm³/mol. The maximum Gasteiger partial charge on any atom is 0.233 e.